The van der Waals surface area contributed by atoms with E-state index in [1.54, 1.807) is 52.7 Å². The third kappa shape index (κ3) is 9.26. The van der Waals surface area contributed by atoms with Crippen LogP contribution in [0.15, 0.2) is 49.3 Å². The average molecular weight is 810 g/mol. The number of nitrogens with zero attached hydrogens (tertiary/aromatic N) is 10. The van der Waals surface area contributed by atoms with Crippen molar-refractivity contribution in [2.75, 3.05) is 11.5 Å². The van der Waals surface area contributed by atoms with Crippen LogP contribution in [-0.2, 0) is 20.5 Å². The summed E-state index contributed by atoms with van der Waals surface area (Å²) in [7, 11) is 3.34. The van der Waals surface area contributed by atoms with E-state index in [2.05, 4.69) is 40.1 Å². The summed E-state index contributed by atoms with van der Waals surface area (Å²) in [5, 5.41) is 8.21. The predicted molar refractivity (Wildman–Crippen MR) is 194 cm³/mol. The lowest BCUT2D eigenvalue weighted by molar-refractivity contribution is 0.0978. The van der Waals surface area contributed by atoms with Gasteiger partial charge in [0, 0.05) is 44.0 Å². The summed E-state index contributed by atoms with van der Waals surface area (Å²) in [5.41, 5.74) is 21.4. The number of nitrogen functional groups attached to an aromatic ring is 2. The molecule has 0 saturated carbocycles. The van der Waals surface area contributed by atoms with Crippen LogP contribution in [-0.4, -0.2) is 61.2 Å². The van der Waals surface area contributed by atoms with Gasteiger partial charge in [-0.05, 0) is 73.5 Å². The van der Waals surface area contributed by atoms with E-state index in [1.165, 1.54) is 21.5 Å². The molecule has 18 heteroatoms. The maximum atomic E-state index is 13.9. The number of hydrogen-bond acceptors (Lipinski definition) is 12. The van der Waals surface area contributed by atoms with Crippen molar-refractivity contribution in [1.29, 1.82) is 0 Å². The number of hydrogen-bond donors (Lipinski definition) is 3. The van der Waals surface area contributed by atoms with Crippen LogP contribution < -0.4 is 17.2 Å². The van der Waals surface area contributed by atoms with Crippen molar-refractivity contribution in [3.05, 3.63) is 104 Å². The second kappa shape index (κ2) is 16.3. The average Bonchev–Trinajstić information content (AvgIpc) is 3.66. The molecule has 264 valence electrons. The molecule has 15 nitrogen and oxygen atoms in total. The molecule has 0 aliphatic carbocycles. The highest BCUT2D eigenvalue weighted by Gasteiger charge is 2.22. The van der Waals surface area contributed by atoms with Crippen molar-refractivity contribution in [3.63, 3.8) is 0 Å². The number of aryl methyl sites for hydroxylation is 6. The van der Waals surface area contributed by atoms with Crippen molar-refractivity contribution in [2.24, 2.45) is 19.8 Å². The van der Waals surface area contributed by atoms with Gasteiger partial charge in [-0.2, -0.15) is 10.2 Å². The Morgan fingerprint density at radius 3 is 1.67 bits per heavy atom. The largest absolute Gasteiger partial charge is 0.384 e. The zero-order valence-electron chi connectivity index (χ0n) is 28.5. The Bertz CT molecular complexity index is 2240. The number of primary amides is 1. The SMILES string of the molecule is Cc1ncc(C)c(-c2cnn(C)c2C(=O)Cc2cc(N)ncc2F)n1.Cc1ncc(C)c(-c2cnn(C)c2C(N)=O)n1.Nc1cc(I)c(F)cn1. The molecule has 6 heterocycles. The van der Waals surface area contributed by atoms with Crippen molar-refractivity contribution in [3.8, 4) is 22.5 Å². The van der Waals surface area contributed by atoms with Gasteiger partial charge in [0.05, 0.1) is 45.3 Å². The molecule has 0 saturated heterocycles. The molecule has 6 aromatic heterocycles. The number of aromatic nitrogens is 10. The van der Waals surface area contributed by atoms with E-state index in [9.17, 15) is 18.4 Å². The van der Waals surface area contributed by atoms with Gasteiger partial charge >= 0.3 is 0 Å². The minimum atomic E-state index is -0.569. The molecule has 0 radical (unpaired) electrons. The fourth-order valence-corrected chi connectivity index (χ4v) is 5.23. The first-order valence-electron chi connectivity index (χ1n) is 15.0. The van der Waals surface area contributed by atoms with E-state index in [-0.39, 0.29) is 29.4 Å². The van der Waals surface area contributed by atoms with E-state index in [0.717, 1.165) is 23.5 Å². The summed E-state index contributed by atoms with van der Waals surface area (Å²) in [5.74, 6) is 0.0501. The molecule has 0 bridgehead atoms. The van der Waals surface area contributed by atoms with Gasteiger partial charge in [0.25, 0.3) is 5.91 Å². The third-order valence-electron chi connectivity index (χ3n) is 7.21. The molecule has 6 N–H and O–H groups in total. The summed E-state index contributed by atoms with van der Waals surface area (Å²) in [6.45, 7) is 7.31. The number of pyridine rings is 2. The second-order valence-corrected chi connectivity index (χ2v) is 12.3. The lowest BCUT2D eigenvalue weighted by Crippen LogP contribution is -2.17. The molecule has 6 aromatic rings. The number of Topliss-reactive ketones (excluding diaryl/α,β-unsaturated/α-hetero) is 1. The molecule has 0 unspecified atom stereocenters. The first kappa shape index (κ1) is 38.0. The summed E-state index contributed by atoms with van der Waals surface area (Å²) in [6.07, 6.45) is 8.57. The molecule has 0 aromatic carbocycles. The highest BCUT2D eigenvalue weighted by atomic mass is 127. The molecule has 1 amide bonds. The highest BCUT2D eigenvalue weighted by molar-refractivity contribution is 14.1. The summed E-state index contributed by atoms with van der Waals surface area (Å²) < 4.78 is 29.7. The van der Waals surface area contributed by atoms with Crippen LogP contribution in [0.1, 0.15) is 49.3 Å². The summed E-state index contributed by atoms with van der Waals surface area (Å²) in [4.78, 5) is 48.4. The number of amides is 1. The topological polar surface area (TPSA) is 225 Å². The zero-order chi connectivity index (χ0) is 37.6. The Balaban J connectivity index is 0.000000192. The van der Waals surface area contributed by atoms with Gasteiger partial charge in [-0.3, -0.25) is 19.0 Å². The first-order chi connectivity index (χ1) is 24.1. The summed E-state index contributed by atoms with van der Waals surface area (Å²) >= 11 is 1.85. The lowest BCUT2D eigenvalue weighted by atomic mass is 10.0. The Morgan fingerprint density at radius 2 is 1.18 bits per heavy atom. The molecule has 6 rings (SSSR count). The van der Waals surface area contributed by atoms with Crippen LogP contribution in [0.2, 0.25) is 0 Å². The number of carbonyl (C=O) groups is 2. The van der Waals surface area contributed by atoms with Crippen molar-refractivity contribution in [2.45, 2.75) is 34.1 Å². The Morgan fingerprint density at radius 1 is 0.706 bits per heavy atom. The predicted octanol–water partition coefficient (Wildman–Crippen LogP) is 4.04. The number of carbonyl (C=O) groups excluding carboxylic acids is 2. The van der Waals surface area contributed by atoms with Crippen LogP contribution in [0.25, 0.3) is 22.5 Å². The van der Waals surface area contributed by atoms with Crippen LogP contribution >= 0.6 is 22.6 Å². The van der Waals surface area contributed by atoms with E-state index >= 15 is 0 Å². The molecule has 51 heavy (non-hydrogen) atoms. The van der Waals surface area contributed by atoms with E-state index < -0.39 is 11.7 Å². The van der Waals surface area contributed by atoms with Crippen LogP contribution in [0.5, 0.6) is 0 Å². The number of ketones is 1. The Kier molecular flexibility index (Phi) is 12.1. The minimum absolute atomic E-state index is 0.145. The monoisotopic (exact) mass is 809 g/mol. The van der Waals surface area contributed by atoms with E-state index in [1.807, 2.05) is 36.4 Å². The number of rotatable bonds is 6. The maximum absolute atomic E-state index is 13.9. The molecule has 0 atom stereocenters. The Hall–Kier alpha value is -5.79. The highest BCUT2D eigenvalue weighted by Crippen LogP contribution is 2.26. The molecule has 0 spiro atoms. The van der Waals surface area contributed by atoms with E-state index in [0.29, 0.717) is 54.9 Å². The third-order valence-corrected chi connectivity index (χ3v) is 8.03. The van der Waals surface area contributed by atoms with Crippen LogP contribution in [0, 0.1) is 42.9 Å². The fourth-order valence-electron chi connectivity index (χ4n) is 4.77. The van der Waals surface area contributed by atoms with Crippen molar-refractivity contribution < 1.29 is 18.4 Å². The molecule has 0 fully saturated rings. The lowest BCUT2D eigenvalue weighted by Gasteiger charge is -2.09. The first-order valence-corrected chi connectivity index (χ1v) is 16.1. The molecule has 0 aliphatic rings. The summed E-state index contributed by atoms with van der Waals surface area (Å²) in [6, 6.07) is 2.85. The van der Waals surface area contributed by atoms with E-state index in [4.69, 9.17) is 17.2 Å². The molecule has 0 aliphatic heterocycles. The smallest absolute Gasteiger partial charge is 0.267 e. The van der Waals surface area contributed by atoms with Gasteiger partial charge < -0.3 is 17.2 Å². The normalized spacial score (nSPS) is 10.5. The van der Waals surface area contributed by atoms with Crippen LogP contribution in [0.4, 0.5) is 20.4 Å². The molecular weight excluding hydrogens is 775 g/mol. The van der Waals surface area contributed by atoms with Gasteiger partial charge in [0.15, 0.2) is 11.6 Å². The molecular formula is C33H34F2IN13O2. The van der Waals surface area contributed by atoms with Crippen molar-refractivity contribution >= 4 is 45.9 Å². The maximum Gasteiger partial charge on any atom is 0.267 e. The van der Waals surface area contributed by atoms with Gasteiger partial charge in [0.2, 0.25) is 0 Å². The standard InChI is InChI=1S/C17H17FN6O.C11H13N5O.C5H4FIN2/c1-9-6-20-10(2)23-16(9)12-7-22-24(3)17(12)14(25)4-11-5-15(19)21-8-13(11)18;1-6-4-13-7(2)15-9(6)8-5-14-16(3)10(8)11(12)17;6-3-2-9-5(8)1-4(3)7/h5-8H,4H2,1-3H3,(H2,19,21);4-5H,1-3H3,(H2,12,17);1-2H,(H2,8,9). The quantitative estimate of drug-likeness (QED) is 0.160. The number of anilines is 2. The second-order valence-electron chi connectivity index (χ2n) is 11.1. The Labute approximate surface area is 304 Å². The van der Waals surface area contributed by atoms with Gasteiger partial charge in [0.1, 0.15) is 40.5 Å². The number of halogens is 3. The van der Waals surface area contributed by atoms with Crippen LogP contribution in [0.3, 0.4) is 0 Å². The van der Waals surface area contributed by atoms with Gasteiger partial charge in [-0.25, -0.2) is 38.7 Å². The van der Waals surface area contributed by atoms with Crippen molar-refractivity contribution in [1.82, 2.24) is 49.5 Å². The number of nitrogens with two attached hydrogens (primary N) is 3. The van der Waals surface area contributed by atoms with Gasteiger partial charge in [-0.15, -0.1) is 0 Å². The fraction of sp³-hybridized carbons (Fsp3) is 0.212. The van der Waals surface area contributed by atoms with Gasteiger partial charge in [-0.1, -0.05) is 0 Å². The zero-order valence-corrected chi connectivity index (χ0v) is 30.6. The minimum Gasteiger partial charge on any atom is -0.384 e.